The standard InChI is InChI=1S/C19H19N3O/c1-2-3-14-23-19-17(15-10-6-4-7-11-15)21-22-18(20-19)16-12-8-5-9-13-16/h4-13H,2-3,14H2,1H3. The molecule has 116 valence electrons. The Morgan fingerprint density at radius 1 is 0.826 bits per heavy atom. The normalized spacial score (nSPS) is 10.5. The highest BCUT2D eigenvalue weighted by molar-refractivity contribution is 5.65. The van der Waals surface area contributed by atoms with Crippen molar-refractivity contribution in [1.29, 1.82) is 0 Å². The highest BCUT2D eigenvalue weighted by Gasteiger charge is 2.13. The molecule has 0 aliphatic rings. The van der Waals surface area contributed by atoms with Gasteiger partial charge < -0.3 is 4.74 Å². The van der Waals surface area contributed by atoms with E-state index in [-0.39, 0.29) is 0 Å². The van der Waals surface area contributed by atoms with E-state index in [0.29, 0.717) is 24.0 Å². The van der Waals surface area contributed by atoms with E-state index >= 15 is 0 Å². The van der Waals surface area contributed by atoms with E-state index in [1.807, 2.05) is 60.7 Å². The highest BCUT2D eigenvalue weighted by atomic mass is 16.5. The Hall–Kier alpha value is -2.75. The summed E-state index contributed by atoms with van der Waals surface area (Å²) in [4.78, 5) is 4.60. The summed E-state index contributed by atoms with van der Waals surface area (Å²) in [5.41, 5.74) is 2.57. The van der Waals surface area contributed by atoms with Gasteiger partial charge >= 0.3 is 0 Å². The van der Waals surface area contributed by atoms with Crippen LogP contribution in [-0.4, -0.2) is 21.8 Å². The van der Waals surface area contributed by atoms with Crippen molar-refractivity contribution in [3.63, 3.8) is 0 Å². The molecule has 3 rings (SSSR count). The Balaban J connectivity index is 1.99. The molecule has 23 heavy (non-hydrogen) atoms. The number of rotatable bonds is 6. The monoisotopic (exact) mass is 305 g/mol. The van der Waals surface area contributed by atoms with Gasteiger partial charge in [-0.1, -0.05) is 74.0 Å². The van der Waals surface area contributed by atoms with Gasteiger partial charge in [0.05, 0.1) is 6.61 Å². The first kappa shape index (κ1) is 15.2. The smallest absolute Gasteiger partial charge is 0.244 e. The third-order valence-corrected chi connectivity index (χ3v) is 3.47. The summed E-state index contributed by atoms with van der Waals surface area (Å²) in [7, 11) is 0. The summed E-state index contributed by atoms with van der Waals surface area (Å²) in [6.45, 7) is 2.76. The lowest BCUT2D eigenvalue weighted by Gasteiger charge is -2.10. The maximum Gasteiger partial charge on any atom is 0.244 e. The molecule has 0 bridgehead atoms. The van der Waals surface area contributed by atoms with Crippen LogP contribution in [0.3, 0.4) is 0 Å². The first-order valence-corrected chi connectivity index (χ1v) is 7.87. The van der Waals surface area contributed by atoms with Crippen LogP contribution in [0, 0.1) is 0 Å². The second-order valence-corrected chi connectivity index (χ2v) is 5.22. The molecule has 0 N–H and O–H groups in total. The van der Waals surface area contributed by atoms with Crippen LogP contribution in [0.1, 0.15) is 19.8 Å². The van der Waals surface area contributed by atoms with Crippen LogP contribution in [0.2, 0.25) is 0 Å². The molecule has 0 radical (unpaired) electrons. The molecule has 0 amide bonds. The molecular weight excluding hydrogens is 286 g/mol. The molecule has 0 unspecified atom stereocenters. The zero-order valence-electron chi connectivity index (χ0n) is 13.1. The Morgan fingerprint density at radius 2 is 1.48 bits per heavy atom. The molecule has 0 saturated heterocycles. The third kappa shape index (κ3) is 3.72. The van der Waals surface area contributed by atoms with Crippen molar-refractivity contribution in [2.24, 2.45) is 0 Å². The number of ether oxygens (including phenoxy) is 1. The third-order valence-electron chi connectivity index (χ3n) is 3.47. The molecule has 0 aliphatic heterocycles. The fourth-order valence-corrected chi connectivity index (χ4v) is 2.21. The number of hydrogen-bond donors (Lipinski definition) is 0. The van der Waals surface area contributed by atoms with Crippen molar-refractivity contribution in [2.75, 3.05) is 6.61 Å². The quantitative estimate of drug-likeness (QED) is 0.634. The van der Waals surface area contributed by atoms with Crippen LogP contribution in [0.25, 0.3) is 22.6 Å². The van der Waals surface area contributed by atoms with Gasteiger partial charge in [0.15, 0.2) is 11.5 Å². The van der Waals surface area contributed by atoms with Crippen molar-refractivity contribution in [3.8, 4) is 28.5 Å². The zero-order valence-corrected chi connectivity index (χ0v) is 13.1. The van der Waals surface area contributed by atoms with E-state index < -0.39 is 0 Å². The van der Waals surface area contributed by atoms with Gasteiger partial charge in [-0.25, -0.2) is 0 Å². The van der Waals surface area contributed by atoms with Gasteiger partial charge in [0.2, 0.25) is 5.88 Å². The number of aromatic nitrogens is 3. The molecule has 0 atom stereocenters. The Bertz CT molecular complexity index is 745. The summed E-state index contributed by atoms with van der Waals surface area (Å²) in [5, 5.41) is 8.64. The Labute approximate surface area is 136 Å². The molecule has 4 heteroatoms. The van der Waals surface area contributed by atoms with Crippen LogP contribution in [0.15, 0.2) is 60.7 Å². The molecule has 1 heterocycles. The molecule has 1 aromatic heterocycles. The summed E-state index contributed by atoms with van der Waals surface area (Å²) in [6.07, 6.45) is 2.06. The van der Waals surface area contributed by atoms with Gasteiger partial charge in [-0.05, 0) is 6.42 Å². The van der Waals surface area contributed by atoms with Gasteiger partial charge in [0, 0.05) is 11.1 Å². The summed E-state index contributed by atoms with van der Waals surface area (Å²) >= 11 is 0. The van der Waals surface area contributed by atoms with Crippen molar-refractivity contribution < 1.29 is 4.74 Å². The van der Waals surface area contributed by atoms with Gasteiger partial charge in [-0.2, -0.15) is 4.98 Å². The van der Waals surface area contributed by atoms with E-state index in [9.17, 15) is 0 Å². The van der Waals surface area contributed by atoms with Crippen molar-refractivity contribution in [2.45, 2.75) is 19.8 Å². The predicted octanol–water partition coefficient (Wildman–Crippen LogP) is 4.38. The van der Waals surface area contributed by atoms with E-state index in [2.05, 4.69) is 22.1 Å². The molecule has 3 aromatic rings. The fourth-order valence-electron chi connectivity index (χ4n) is 2.21. The zero-order chi connectivity index (χ0) is 15.9. The molecule has 0 spiro atoms. The highest BCUT2D eigenvalue weighted by Crippen LogP contribution is 2.27. The number of nitrogens with zero attached hydrogens (tertiary/aromatic N) is 3. The average Bonchev–Trinajstić information content (AvgIpc) is 2.63. The minimum atomic E-state index is 0.540. The molecular formula is C19H19N3O. The van der Waals surface area contributed by atoms with Gasteiger partial charge in [0.1, 0.15) is 0 Å². The Morgan fingerprint density at radius 3 is 2.13 bits per heavy atom. The first-order valence-electron chi connectivity index (χ1n) is 7.87. The van der Waals surface area contributed by atoms with Crippen molar-refractivity contribution >= 4 is 0 Å². The van der Waals surface area contributed by atoms with Gasteiger partial charge in [-0.3, -0.25) is 0 Å². The lowest BCUT2D eigenvalue weighted by molar-refractivity contribution is 0.297. The van der Waals surface area contributed by atoms with Crippen LogP contribution >= 0.6 is 0 Å². The summed E-state index contributed by atoms with van der Waals surface area (Å²) in [5.74, 6) is 1.12. The Kier molecular flexibility index (Phi) is 4.94. The lowest BCUT2D eigenvalue weighted by Crippen LogP contribution is -2.05. The van der Waals surface area contributed by atoms with Crippen LogP contribution in [0.4, 0.5) is 0 Å². The summed E-state index contributed by atoms with van der Waals surface area (Å²) in [6, 6.07) is 19.7. The number of hydrogen-bond acceptors (Lipinski definition) is 4. The fraction of sp³-hybridized carbons (Fsp3) is 0.211. The first-order chi connectivity index (χ1) is 11.4. The summed E-state index contributed by atoms with van der Waals surface area (Å²) < 4.78 is 5.88. The molecule has 0 fully saturated rings. The van der Waals surface area contributed by atoms with Gasteiger partial charge in [-0.15, -0.1) is 10.2 Å². The minimum Gasteiger partial charge on any atom is -0.476 e. The molecule has 0 saturated carbocycles. The van der Waals surface area contributed by atoms with Crippen LogP contribution in [0.5, 0.6) is 5.88 Å². The average molecular weight is 305 g/mol. The van der Waals surface area contributed by atoms with Crippen LogP contribution < -0.4 is 4.74 Å². The van der Waals surface area contributed by atoms with Gasteiger partial charge in [0.25, 0.3) is 0 Å². The van der Waals surface area contributed by atoms with E-state index in [1.165, 1.54) is 0 Å². The second kappa shape index (κ2) is 7.49. The number of unbranched alkanes of at least 4 members (excludes halogenated alkanes) is 1. The maximum atomic E-state index is 5.88. The SMILES string of the molecule is CCCCOc1nc(-c2ccccc2)nnc1-c1ccccc1. The molecule has 2 aromatic carbocycles. The van der Waals surface area contributed by atoms with E-state index in [0.717, 1.165) is 24.0 Å². The van der Waals surface area contributed by atoms with Crippen molar-refractivity contribution in [3.05, 3.63) is 60.7 Å². The molecule has 0 aliphatic carbocycles. The largest absolute Gasteiger partial charge is 0.476 e. The lowest BCUT2D eigenvalue weighted by atomic mass is 10.1. The van der Waals surface area contributed by atoms with E-state index in [4.69, 9.17) is 4.74 Å². The molecule has 4 nitrogen and oxygen atoms in total. The van der Waals surface area contributed by atoms with Crippen molar-refractivity contribution in [1.82, 2.24) is 15.2 Å². The minimum absolute atomic E-state index is 0.540. The van der Waals surface area contributed by atoms with Crippen LogP contribution in [-0.2, 0) is 0 Å². The second-order valence-electron chi connectivity index (χ2n) is 5.22. The van der Waals surface area contributed by atoms with E-state index in [1.54, 1.807) is 0 Å². The predicted molar refractivity (Wildman–Crippen MR) is 91.1 cm³/mol. The number of benzene rings is 2. The topological polar surface area (TPSA) is 47.9 Å². The maximum absolute atomic E-state index is 5.88.